The third kappa shape index (κ3) is 6.42. The Kier molecular flexibility index (Phi) is 5.82. The first-order valence-corrected chi connectivity index (χ1v) is 6.17. The number of halogens is 3. The molecular formula is C13H18F3N3O. The number of alkyl halides is 3. The number of rotatable bonds is 6. The van der Waals surface area contributed by atoms with Crippen LogP contribution in [0.4, 0.5) is 24.5 Å². The van der Waals surface area contributed by atoms with Gasteiger partial charge in [-0.1, -0.05) is 12.1 Å². The fourth-order valence-corrected chi connectivity index (χ4v) is 1.55. The highest BCUT2D eigenvalue weighted by Crippen LogP contribution is 2.19. The molecule has 1 amide bonds. The van der Waals surface area contributed by atoms with Gasteiger partial charge in [0.1, 0.15) is 0 Å². The van der Waals surface area contributed by atoms with Crippen molar-refractivity contribution >= 4 is 17.3 Å². The van der Waals surface area contributed by atoms with E-state index in [1.165, 1.54) is 4.90 Å². The number of nitrogens with two attached hydrogens (primary N) is 1. The molecule has 0 saturated heterocycles. The normalized spacial score (nSPS) is 11.7. The number of nitrogens with zero attached hydrogens (tertiary/aromatic N) is 1. The monoisotopic (exact) mass is 289 g/mol. The van der Waals surface area contributed by atoms with Crippen LogP contribution >= 0.6 is 0 Å². The zero-order valence-corrected chi connectivity index (χ0v) is 11.2. The van der Waals surface area contributed by atoms with Crippen LogP contribution in [0.25, 0.3) is 0 Å². The third-order valence-corrected chi connectivity index (χ3v) is 2.73. The van der Waals surface area contributed by atoms with Crippen LogP contribution < -0.4 is 11.1 Å². The molecule has 20 heavy (non-hydrogen) atoms. The Morgan fingerprint density at radius 3 is 2.55 bits per heavy atom. The van der Waals surface area contributed by atoms with Crippen molar-refractivity contribution < 1.29 is 18.0 Å². The molecule has 3 N–H and O–H groups in total. The molecule has 0 aliphatic carbocycles. The molecule has 0 heterocycles. The quantitative estimate of drug-likeness (QED) is 0.791. The highest BCUT2D eigenvalue weighted by Gasteiger charge is 2.27. The van der Waals surface area contributed by atoms with Crippen LogP contribution in [-0.4, -0.2) is 37.1 Å². The van der Waals surface area contributed by atoms with E-state index in [0.29, 0.717) is 11.4 Å². The van der Waals surface area contributed by atoms with Crippen molar-refractivity contribution in [3.63, 3.8) is 0 Å². The van der Waals surface area contributed by atoms with Crippen molar-refractivity contribution in [1.82, 2.24) is 4.90 Å². The minimum Gasteiger partial charge on any atom is -0.397 e. The zero-order chi connectivity index (χ0) is 15.2. The lowest BCUT2D eigenvalue weighted by atomic mass is 10.2. The number of para-hydroxylation sites is 2. The molecular weight excluding hydrogens is 271 g/mol. The third-order valence-electron chi connectivity index (χ3n) is 2.73. The SMILES string of the molecule is CN(CCC(=O)Nc1ccccc1N)CCC(F)(F)F. The molecule has 0 saturated carbocycles. The number of anilines is 2. The molecule has 0 aliphatic rings. The van der Waals surface area contributed by atoms with E-state index in [1.54, 1.807) is 31.3 Å². The molecule has 1 aromatic carbocycles. The number of amides is 1. The number of hydrogen-bond acceptors (Lipinski definition) is 3. The molecule has 0 aromatic heterocycles. The van der Waals surface area contributed by atoms with Gasteiger partial charge in [-0.25, -0.2) is 0 Å². The van der Waals surface area contributed by atoms with Crippen molar-refractivity contribution in [3.05, 3.63) is 24.3 Å². The van der Waals surface area contributed by atoms with E-state index < -0.39 is 12.6 Å². The van der Waals surface area contributed by atoms with Crippen LogP contribution in [-0.2, 0) is 4.79 Å². The molecule has 1 rings (SSSR count). The van der Waals surface area contributed by atoms with Gasteiger partial charge in [0.05, 0.1) is 17.8 Å². The summed E-state index contributed by atoms with van der Waals surface area (Å²) in [5.74, 6) is -0.276. The van der Waals surface area contributed by atoms with Gasteiger partial charge < -0.3 is 16.0 Å². The predicted octanol–water partition coefficient (Wildman–Crippen LogP) is 2.48. The van der Waals surface area contributed by atoms with Gasteiger partial charge in [0.25, 0.3) is 0 Å². The summed E-state index contributed by atoms with van der Waals surface area (Å²) >= 11 is 0. The van der Waals surface area contributed by atoms with Crippen molar-refractivity contribution in [2.75, 3.05) is 31.2 Å². The Morgan fingerprint density at radius 1 is 1.30 bits per heavy atom. The maximum atomic E-state index is 12.0. The van der Waals surface area contributed by atoms with Gasteiger partial charge in [0, 0.05) is 19.5 Å². The first kappa shape index (κ1) is 16.3. The van der Waals surface area contributed by atoms with Crippen molar-refractivity contribution in [2.45, 2.75) is 19.0 Å². The molecule has 0 spiro atoms. The molecule has 112 valence electrons. The Labute approximate surface area is 115 Å². The smallest absolute Gasteiger partial charge is 0.390 e. The van der Waals surface area contributed by atoms with Crippen LogP contribution in [0.5, 0.6) is 0 Å². The number of nitrogens with one attached hydrogen (secondary N) is 1. The fraction of sp³-hybridized carbons (Fsp3) is 0.462. The highest BCUT2D eigenvalue weighted by molar-refractivity contribution is 5.93. The summed E-state index contributed by atoms with van der Waals surface area (Å²) < 4.78 is 36.1. The molecule has 7 heteroatoms. The van der Waals surface area contributed by atoms with Gasteiger partial charge in [-0.3, -0.25) is 4.79 Å². The molecule has 0 aliphatic heterocycles. The first-order chi connectivity index (χ1) is 9.28. The minimum atomic E-state index is -4.17. The molecule has 1 aromatic rings. The van der Waals surface area contributed by atoms with Crippen LogP contribution in [0, 0.1) is 0 Å². The van der Waals surface area contributed by atoms with Gasteiger partial charge >= 0.3 is 6.18 Å². The van der Waals surface area contributed by atoms with E-state index in [2.05, 4.69) is 5.32 Å². The topological polar surface area (TPSA) is 58.4 Å². The zero-order valence-electron chi connectivity index (χ0n) is 11.2. The average Bonchev–Trinajstić information content (AvgIpc) is 2.36. The molecule has 0 bridgehead atoms. The molecule has 0 atom stereocenters. The summed E-state index contributed by atoms with van der Waals surface area (Å²) in [6.07, 6.45) is -4.94. The summed E-state index contributed by atoms with van der Waals surface area (Å²) in [5.41, 5.74) is 6.63. The largest absolute Gasteiger partial charge is 0.397 e. The minimum absolute atomic E-state index is 0.114. The number of carbonyl (C=O) groups excluding carboxylic acids is 1. The maximum Gasteiger partial charge on any atom is 0.390 e. The van der Waals surface area contributed by atoms with Gasteiger partial charge in [0.2, 0.25) is 5.91 Å². The molecule has 4 nitrogen and oxygen atoms in total. The molecule has 0 fully saturated rings. The van der Waals surface area contributed by atoms with E-state index in [4.69, 9.17) is 5.73 Å². The van der Waals surface area contributed by atoms with E-state index in [9.17, 15) is 18.0 Å². The van der Waals surface area contributed by atoms with Crippen LogP contribution in [0.2, 0.25) is 0 Å². The Morgan fingerprint density at radius 2 is 1.95 bits per heavy atom. The van der Waals surface area contributed by atoms with Gasteiger partial charge in [0.15, 0.2) is 0 Å². The first-order valence-electron chi connectivity index (χ1n) is 6.17. The van der Waals surface area contributed by atoms with Crippen molar-refractivity contribution in [3.8, 4) is 0 Å². The van der Waals surface area contributed by atoms with Crippen LogP contribution in [0.3, 0.4) is 0 Å². The maximum absolute atomic E-state index is 12.0. The predicted molar refractivity (Wildman–Crippen MR) is 72.3 cm³/mol. The highest BCUT2D eigenvalue weighted by atomic mass is 19.4. The van der Waals surface area contributed by atoms with E-state index >= 15 is 0 Å². The summed E-state index contributed by atoms with van der Waals surface area (Å²) in [6, 6.07) is 6.81. The second-order valence-electron chi connectivity index (χ2n) is 4.55. The van der Waals surface area contributed by atoms with Gasteiger partial charge in [-0.05, 0) is 19.2 Å². The summed E-state index contributed by atoms with van der Waals surface area (Å²) in [4.78, 5) is 13.1. The lowest BCUT2D eigenvalue weighted by Gasteiger charge is -2.17. The number of nitrogen functional groups attached to an aromatic ring is 1. The number of carbonyl (C=O) groups is 1. The van der Waals surface area contributed by atoms with E-state index in [-0.39, 0.29) is 25.4 Å². The standard InChI is InChI=1S/C13H18F3N3O/c1-19(9-7-13(14,15)16)8-6-12(20)18-11-5-3-2-4-10(11)17/h2-5H,6-9,17H2,1H3,(H,18,20). The second kappa shape index (κ2) is 7.14. The van der Waals surface area contributed by atoms with E-state index in [0.717, 1.165) is 0 Å². The van der Waals surface area contributed by atoms with Gasteiger partial charge in [-0.15, -0.1) is 0 Å². The summed E-state index contributed by atoms with van der Waals surface area (Å²) in [5, 5.41) is 2.63. The molecule has 0 unspecified atom stereocenters. The van der Waals surface area contributed by atoms with E-state index in [1.807, 2.05) is 0 Å². The fourth-order valence-electron chi connectivity index (χ4n) is 1.55. The number of benzene rings is 1. The Hall–Kier alpha value is -1.76. The van der Waals surface area contributed by atoms with Crippen LogP contribution in [0.1, 0.15) is 12.8 Å². The lowest BCUT2D eigenvalue weighted by Crippen LogP contribution is -2.28. The average molecular weight is 289 g/mol. The molecule has 0 radical (unpaired) electrons. The number of hydrogen-bond donors (Lipinski definition) is 2. The van der Waals surface area contributed by atoms with Crippen LogP contribution in [0.15, 0.2) is 24.3 Å². The lowest BCUT2D eigenvalue weighted by molar-refractivity contribution is -0.137. The van der Waals surface area contributed by atoms with Crippen molar-refractivity contribution in [1.29, 1.82) is 0 Å². The Balaban J connectivity index is 2.31. The summed E-state index contributed by atoms with van der Waals surface area (Å²) in [7, 11) is 1.55. The summed E-state index contributed by atoms with van der Waals surface area (Å²) in [6.45, 7) is 0.138. The van der Waals surface area contributed by atoms with Gasteiger partial charge in [-0.2, -0.15) is 13.2 Å². The van der Waals surface area contributed by atoms with Crippen molar-refractivity contribution in [2.24, 2.45) is 0 Å². The second-order valence-corrected chi connectivity index (χ2v) is 4.55. The Bertz CT molecular complexity index is 449.